The maximum Gasteiger partial charge on any atom is 0.208 e. The van der Waals surface area contributed by atoms with E-state index in [1.54, 1.807) is 13.2 Å². The minimum atomic E-state index is 0.467. The second kappa shape index (κ2) is 3.33. The summed E-state index contributed by atoms with van der Waals surface area (Å²) in [5.41, 5.74) is 7.00. The number of nitrogens with two attached hydrogens (primary N) is 1. The number of H-pyrrole nitrogens is 1. The van der Waals surface area contributed by atoms with E-state index in [-0.39, 0.29) is 0 Å². The Bertz CT molecular complexity index is 425. The third-order valence-corrected chi connectivity index (χ3v) is 1.84. The highest BCUT2D eigenvalue weighted by Gasteiger charge is 2.11. The molecule has 0 aliphatic heterocycles. The molecule has 2 rings (SSSR count). The van der Waals surface area contributed by atoms with Crippen molar-refractivity contribution < 1.29 is 4.74 Å². The largest absolute Gasteiger partial charge is 0.494 e. The standard InChI is InChI=1S/C8H9N5O/c1-14-7-5(3-2-4-6(7)9)8-10-12-13-11-8/h2-4H,9H2,1H3,(H,10,11,12,13). The van der Waals surface area contributed by atoms with Crippen LogP contribution < -0.4 is 10.5 Å². The van der Waals surface area contributed by atoms with Crippen molar-refractivity contribution in [3.05, 3.63) is 18.2 Å². The summed E-state index contributed by atoms with van der Waals surface area (Å²) in [5.74, 6) is 1.03. The van der Waals surface area contributed by atoms with Gasteiger partial charge in [0.25, 0.3) is 0 Å². The molecule has 0 atom stereocenters. The van der Waals surface area contributed by atoms with Crippen molar-refractivity contribution in [1.29, 1.82) is 0 Å². The Balaban J connectivity index is 2.58. The summed E-state index contributed by atoms with van der Waals surface area (Å²) in [6.07, 6.45) is 0. The van der Waals surface area contributed by atoms with Crippen molar-refractivity contribution in [1.82, 2.24) is 20.6 Å². The molecule has 14 heavy (non-hydrogen) atoms. The van der Waals surface area contributed by atoms with Crippen LogP contribution in [0.25, 0.3) is 11.4 Å². The average Bonchev–Trinajstić information content (AvgIpc) is 2.70. The Hall–Kier alpha value is -2.11. The lowest BCUT2D eigenvalue weighted by atomic mass is 10.1. The van der Waals surface area contributed by atoms with Gasteiger partial charge in [0.15, 0.2) is 5.75 Å². The molecule has 6 heteroatoms. The Morgan fingerprint density at radius 1 is 1.43 bits per heavy atom. The van der Waals surface area contributed by atoms with Gasteiger partial charge in [-0.1, -0.05) is 6.07 Å². The van der Waals surface area contributed by atoms with Crippen molar-refractivity contribution in [2.24, 2.45) is 0 Å². The molecule has 1 aromatic carbocycles. The van der Waals surface area contributed by atoms with Crippen molar-refractivity contribution in [3.63, 3.8) is 0 Å². The van der Waals surface area contributed by atoms with Crippen LogP contribution in [0.4, 0.5) is 5.69 Å². The molecule has 0 aliphatic rings. The number of hydrogen-bond donors (Lipinski definition) is 2. The predicted molar refractivity (Wildman–Crippen MR) is 50.6 cm³/mol. The summed E-state index contributed by atoms with van der Waals surface area (Å²) in [5, 5.41) is 13.6. The number of para-hydroxylation sites is 1. The first kappa shape index (κ1) is 8.49. The third kappa shape index (κ3) is 1.26. The highest BCUT2D eigenvalue weighted by molar-refractivity contribution is 5.72. The molecule has 3 N–H and O–H groups in total. The van der Waals surface area contributed by atoms with E-state index in [9.17, 15) is 0 Å². The summed E-state index contributed by atoms with van der Waals surface area (Å²) >= 11 is 0. The van der Waals surface area contributed by atoms with Crippen LogP contribution in [-0.4, -0.2) is 27.7 Å². The van der Waals surface area contributed by atoms with Gasteiger partial charge in [-0.3, -0.25) is 0 Å². The fourth-order valence-corrected chi connectivity index (χ4v) is 1.23. The minimum absolute atomic E-state index is 0.467. The number of nitrogens with one attached hydrogen (secondary N) is 1. The summed E-state index contributed by atoms with van der Waals surface area (Å²) in [6.45, 7) is 0. The fraction of sp³-hybridized carbons (Fsp3) is 0.125. The maximum absolute atomic E-state index is 5.73. The van der Waals surface area contributed by atoms with Gasteiger partial charge in [-0.2, -0.15) is 5.21 Å². The number of nitrogens with zero attached hydrogens (tertiary/aromatic N) is 3. The van der Waals surface area contributed by atoms with Gasteiger partial charge in [-0.05, 0) is 17.3 Å². The lowest BCUT2D eigenvalue weighted by Gasteiger charge is -2.07. The number of tetrazole rings is 1. The summed E-state index contributed by atoms with van der Waals surface area (Å²) < 4.78 is 5.15. The number of hydrogen-bond acceptors (Lipinski definition) is 5. The SMILES string of the molecule is COc1c(N)cccc1-c1nn[nH]n1. The zero-order valence-electron chi connectivity index (χ0n) is 7.56. The summed E-state index contributed by atoms with van der Waals surface area (Å²) in [7, 11) is 1.55. The predicted octanol–water partition coefficient (Wildman–Crippen LogP) is 0.457. The van der Waals surface area contributed by atoms with Gasteiger partial charge >= 0.3 is 0 Å². The fourth-order valence-electron chi connectivity index (χ4n) is 1.23. The Kier molecular flexibility index (Phi) is 2.02. The van der Waals surface area contributed by atoms with E-state index in [2.05, 4.69) is 20.6 Å². The molecule has 6 nitrogen and oxygen atoms in total. The number of nitrogen functional groups attached to an aromatic ring is 1. The van der Waals surface area contributed by atoms with Gasteiger partial charge in [-0.25, -0.2) is 0 Å². The van der Waals surface area contributed by atoms with E-state index in [1.165, 1.54) is 0 Å². The van der Waals surface area contributed by atoms with E-state index < -0.39 is 0 Å². The van der Waals surface area contributed by atoms with Gasteiger partial charge in [-0.15, -0.1) is 10.2 Å². The van der Waals surface area contributed by atoms with Gasteiger partial charge in [0.1, 0.15) is 0 Å². The van der Waals surface area contributed by atoms with Gasteiger partial charge in [0, 0.05) is 0 Å². The number of rotatable bonds is 2. The quantitative estimate of drug-likeness (QED) is 0.673. The summed E-state index contributed by atoms with van der Waals surface area (Å²) in [6, 6.07) is 5.38. The molecule has 0 amide bonds. The van der Waals surface area contributed by atoms with Crippen molar-refractivity contribution in [2.75, 3.05) is 12.8 Å². The normalized spacial score (nSPS) is 10.1. The van der Waals surface area contributed by atoms with Crippen LogP contribution in [0.1, 0.15) is 0 Å². The second-order valence-corrected chi connectivity index (χ2v) is 2.66. The molecular formula is C8H9N5O. The van der Waals surface area contributed by atoms with Crippen molar-refractivity contribution >= 4 is 5.69 Å². The smallest absolute Gasteiger partial charge is 0.208 e. The Morgan fingerprint density at radius 3 is 2.93 bits per heavy atom. The molecule has 1 aromatic heterocycles. The van der Waals surface area contributed by atoms with Gasteiger partial charge in [0.05, 0.1) is 18.4 Å². The first-order valence-electron chi connectivity index (χ1n) is 3.99. The van der Waals surface area contributed by atoms with E-state index in [0.29, 0.717) is 17.3 Å². The Labute approximate surface area is 80.1 Å². The summed E-state index contributed by atoms with van der Waals surface area (Å²) in [4.78, 5) is 0. The van der Waals surface area contributed by atoms with Crippen LogP contribution in [0.5, 0.6) is 5.75 Å². The second-order valence-electron chi connectivity index (χ2n) is 2.66. The molecule has 0 spiro atoms. The first-order valence-corrected chi connectivity index (χ1v) is 3.99. The molecule has 0 fully saturated rings. The number of aromatic nitrogens is 4. The van der Waals surface area contributed by atoms with E-state index in [0.717, 1.165) is 5.56 Å². The van der Waals surface area contributed by atoms with Crippen LogP contribution in [0, 0.1) is 0 Å². The Morgan fingerprint density at radius 2 is 2.29 bits per heavy atom. The van der Waals surface area contributed by atoms with Gasteiger partial charge in [0.2, 0.25) is 5.82 Å². The lowest BCUT2D eigenvalue weighted by Crippen LogP contribution is -1.95. The minimum Gasteiger partial charge on any atom is -0.494 e. The average molecular weight is 191 g/mol. The highest BCUT2D eigenvalue weighted by atomic mass is 16.5. The molecule has 0 unspecified atom stereocenters. The number of ether oxygens (including phenoxy) is 1. The number of benzene rings is 1. The van der Waals surface area contributed by atoms with E-state index in [4.69, 9.17) is 10.5 Å². The highest BCUT2D eigenvalue weighted by Crippen LogP contribution is 2.31. The van der Waals surface area contributed by atoms with Crippen molar-refractivity contribution in [3.8, 4) is 17.1 Å². The topological polar surface area (TPSA) is 89.7 Å². The number of methoxy groups -OCH3 is 1. The van der Waals surface area contributed by atoms with E-state index >= 15 is 0 Å². The lowest BCUT2D eigenvalue weighted by molar-refractivity contribution is 0.418. The van der Waals surface area contributed by atoms with Crippen LogP contribution >= 0.6 is 0 Å². The number of aromatic amines is 1. The molecule has 2 aromatic rings. The maximum atomic E-state index is 5.73. The zero-order chi connectivity index (χ0) is 9.97. The molecule has 0 radical (unpaired) electrons. The van der Waals surface area contributed by atoms with Crippen LogP contribution in [0.15, 0.2) is 18.2 Å². The monoisotopic (exact) mass is 191 g/mol. The molecule has 0 saturated heterocycles. The van der Waals surface area contributed by atoms with Crippen LogP contribution in [0.2, 0.25) is 0 Å². The molecule has 0 bridgehead atoms. The molecular weight excluding hydrogens is 182 g/mol. The zero-order valence-corrected chi connectivity index (χ0v) is 7.56. The molecule has 0 saturated carbocycles. The third-order valence-electron chi connectivity index (χ3n) is 1.84. The number of anilines is 1. The first-order chi connectivity index (χ1) is 6.83. The van der Waals surface area contributed by atoms with Crippen LogP contribution in [-0.2, 0) is 0 Å². The van der Waals surface area contributed by atoms with Gasteiger partial charge < -0.3 is 10.5 Å². The van der Waals surface area contributed by atoms with E-state index in [1.807, 2.05) is 12.1 Å². The molecule has 72 valence electrons. The van der Waals surface area contributed by atoms with Crippen molar-refractivity contribution in [2.45, 2.75) is 0 Å². The molecule has 1 heterocycles. The molecule has 0 aliphatic carbocycles. The van der Waals surface area contributed by atoms with Crippen LogP contribution in [0.3, 0.4) is 0 Å².